The number of rotatable bonds is 3. The molecule has 0 aliphatic carbocycles. The lowest BCUT2D eigenvalue weighted by Gasteiger charge is -1.99. The first-order valence-electron chi connectivity index (χ1n) is 5.93. The molecule has 0 atom stereocenters. The van der Waals surface area contributed by atoms with Gasteiger partial charge in [-0.3, -0.25) is 9.20 Å². The van der Waals surface area contributed by atoms with Gasteiger partial charge in [0.25, 0.3) is 0 Å². The molecule has 0 amide bonds. The van der Waals surface area contributed by atoms with Gasteiger partial charge in [-0.05, 0) is 17.7 Å². The maximum atomic E-state index is 11.3. The van der Waals surface area contributed by atoms with E-state index in [1.165, 1.54) is 0 Å². The van der Waals surface area contributed by atoms with E-state index < -0.39 is 0 Å². The highest BCUT2D eigenvalue weighted by molar-refractivity contribution is 6.30. The number of pyridine rings is 1. The Labute approximate surface area is 115 Å². The first-order chi connectivity index (χ1) is 9.28. The quantitative estimate of drug-likeness (QED) is 0.684. The number of aldehydes is 1. The highest BCUT2D eigenvalue weighted by atomic mass is 35.5. The van der Waals surface area contributed by atoms with Gasteiger partial charge in [-0.2, -0.15) is 0 Å². The number of halogens is 1. The van der Waals surface area contributed by atoms with Crippen LogP contribution in [0.25, 0.3) is 5.65 Å². The number of aromatic nitrogens is 2. The van der Waals surface area contributed by atoms with Crippen LogP contribution in [0.5, 0.6) is 0 Å². The third-order valence-electron chi connectivity index (χ3n) is 3.02. The van der Waals surface area contributed by atoms with E-state index in [1.54, 1.807) is 16.7 Å². The number of imidazole rings is 1. The van der Waals surface area contributed by atoms with E-state index in [4.69, 9.17) is 11.6 Å². The van der Waals surface area contributed by atoms with Crippen LogP contribution < -0.4 is 0 Å². The Morgan fingerprint density at radius 1 is 1.16 bits per heavy atom. The number of hydrogen-bond donors (Lipinski definition) is 0. The van der Waals surface area contributed by atoms with Gasteiger partial charge in [0.2, 0.25) is 0 Å². The zero-order valence-corrected chi connectivity index (χ0v) is 10.8. The fourth-order valence-electron chi connectivity index (χ4n) is 2.13. The predicted octanol–water partition coefficient (Wildman–Crippen LogP) is 3.39. The molecule has 3 rings (SSSR count). The Kier molecular flexibility index (Phi) is 3.05. The fraction of sp³-hybridized carbons (Fsp3) is 0.0667. The summed E-state index contributed by atoms with van der Waals surface area (Å²) >= 11 is 5.95. The van der Waals surface area contributed by atoms with E-state index in [0.717, 1.165) is 23.2 Å². The first-order valence-corrected chi connectivity index (χ1v) is 6.31. The molecule has 0 unspecified atom stereocenters. The third kappa shape index (κ3) is 2.25. The van der Waals surface area contributed by atoms with Crippen LogP contribution in [0.1, 0.15) is 21.7 Å². The summed E-state index contributed by atoms with van der Waals surface area (Å²) in [6, 6.07) is 13.5. The minimum absolute atomic E-state index is 0.557. The maximum absolute atomic E-state index is 11.3. The second kappa shape index (κ2) is 4.86. The van der Waals surface area contributed by atoms with Crippen molar-refractivity contribution < 1.29 is 4.79 Å². The Morgan fingerprint density at radius 2 is 1.95 bits per heavy atom. The lowest BCUT2D eigenvalue weighted by atomic mass is 10.1. The van der Waals surface area contributed by atoms with Gasteiger partial charge in [-0.25, -0.2) is 4.98 Å². The molecule has 1 aromatic carbocycles. The average Bonchev–Trinajstić information content (AvgIpc) is 2.76. The molecule has 3 nitrogen and oxygen atoms in total. The van der Waals surface area contributed by atoms with Gasteiger partial charge in [0.05, 0.1) is 10.7 Å². The monoisotopic (exact) mass is 270 g/mol. The fourth-order valence-corrected chi connectivity index (χ4v) is 2.29. The van der Waals surface area contributed by atoms with Crippen molar-refractivity contribution in [2.24, 2.45) is 0 Å². The van der Waals surface area contributed by atoms with Crippen LogP contribution in [0.3, 0.4) is 0 Å². The first kappa shape index (κ1) is 11.9. The largest absolute Gasteiger partial charge is 0.296 e. The number of carbonyl (C=O) groups is 1. The Balaban J connectivity index is 2.11. The molecular formula is C15H11ClN2O. The summed E-state index contributed by atoms with van der Waals surface area (Å²) < 4.78 is 1.73. The summed E-state index contributed by atoms with van der Waals surface area (Å²) in [6.07, 6.45) is 3.17. The molecule has 4 heteroatoms. The maximum Gasteiger partial charge on any atom is 0.168 e. The molecule has 19 heavy (non-hydrogen) atoms. The van der Waals surface area contributed by atoms with Crippen molar-refractivity contribution in [3.05, 3.63) is 70.6 Å². The van der Waals surface area contributed by atoms with Crippen LogP contribution >= 0.6 is 11.6 Å². The molecule has 0 saturated heterocycles. The van der Waals surface area contributed by atoms with Crippen molar-refractivity contribution in [1.82, 2.24) is 9.38 Å². The molecule has 0 aliphatic rings. The topological polar surface area (TPSA) is 34.4 Å². The van der Waals surface area contributed by atoms with Crippen LogP contribution in [0.15, 0.2) is 48.7 Å². The summed E-state index contributed by atoms with van der Waals surface area (Å²) in [4.78, 5) is 15.8. The van der Waals surface area contributed by atoms with Gasteiger partial charge in [-0.15, -0.1) is 0 Å². The standard InChI is InChI=1S/C15H11ClN2O/c16-12-6-7-15-17-13(14(10-19)18(15)9-12)8-11-4-2-1-3-5-11/h1-7,9-10H,8H2. The Morgan fingerprint density at radius 3 is 2.68 bits per heavy atom. The molecule has 2 heterocycles. The summed E-state index contributed by atoms with van der Waals surface area (Å²) in [5, 5.41) is 0.583. The number of fused-ring (bicyclic) bond motifs is 1. The highest BCUT2D eigenvalue weighted by Gasteiger charge is 2.12. The second-order valence-electron chi connectivity index (χ2n) is 4.30. The SMILES string of the molecule is O=Cc1c(Cc2ccccc2)nc2ccc(Cl)cn12. The second-order valence-corrected chi connectivity index (χ2v) is 4.74. The van der Waals surface area contributed by atoms with Crippen LogP contribution in [0, 0.1) is 0 Å². The molecular weight excluding hydrogens is 260 g/mol. The molecule has 94 valence electrons. The summed E-state index contributed by atoms with van der Waals surface area (Å²) in [7, 11) is 0. The van der Waals surface area contributed by atoms with Crippen molar-refractivity contribution in [3.8, 4) is 0 Å². The van der Waals surface area contributed by atoms with Gasteiger partial charge in [-0.1, -0.05) is 41.9 Å². The van der Waals surface area contributed by atoms with E-state index >= 15 is 0 Å². The van der Waals surface area contributed by atoms with Gasteiger partial charge in [0, 0.05) is 12.6 Å². The average molecular weight is 271 g/mol. The van der Waals surface area contributed by atoms with E-state index in [0.29, 0.717) is 17.1 Å². The third-order valence-corrected chi connectivity index (χ3v) is 3.25. The lowest BCUT2D eigenvalue weighted by molar-refractivity contribution is 0.111. The van der Waals surface area contributed by atoms with E-state index in [9.17, 15) is 4.79 Å². The highest BCUT2D eigenvalue weighted by Crippen LogP contribution is 2.18. The van der Waals surface area contributed by atoms with Gasteiger partial charge < -0.3 is 0 Å². The van der Waals surface area contributed by atoms with Crippen LogP contribution in [0.2, 0.25) is 5.02 Å². The zero-order valence-electron chi connectivity index (χ0n) is 10.1. The van der Waals surface area contributed by atoms with Crippen molar-refractivity contribution in [1.29, 1.82) is 0 Å². The van der Waals surface area contributed by atoms with Crippen LogP contribution in [-0.2, 0) is 6.42 Å². The minimum atomic E-state index is 0.557. The van der Waals surface area contributed by atoms with Gasteiger partial charge in [0.15, 0.2) is 6.29 Å². The van der Waals surface area contributed by atoms with Crippen molar-refractivity contribution in [2.75, 3.05) is 0 Å². The van der Waals surface area contributed by atoms with Crippen molar-refractivity contribution in [3.63, 3.8) is 0 Å². The van der Waals surface area contributed by atoms with E-state index in [2.05, 4.69) is 4.98 Å². The number of benzene rings is 1. The van der Waals surface area contributed by atoms with Gasteiger partial charge >= 0.3 is 0 Å². The number of hydrogen-bond acceptors (Lipinski definition) is 2. The van der Waals surface area contributed by atoms with E-state index in [1.807, 2.05) is 36.4 Å². The Bertz CT molecular complexity index is 734. The van der Waals surface area contributed by atoms with Crippen molar-refractivity contribution in [2.45, 2.75) is 6.42 Å². The van der Waals surface area contributed by atoms with Crippen molar-refractivity contribution >= 4 is 23.5 Å². The molecule has 0 radical (unpaired) electrons. The molecule has 0 N–H and O–H groups in total. The molecule has 0 spiro atoms. The van der Waals surface area contributed by atoms with Crippen LogP contribution in [-0.4, -0.2) is 15.7 Å². The summed E-state index contributed by atoms with van der Waals surface area (Å²) in [6.45, 7) is 0. The molecule has 3 aromatic rings. The number of carbonyl (C=O) groups excluding carboxylic acids is 1. The molecule has 0 fully saturated rings. The minimum Gasteiger partial charge on any atom is -0.296 e. The zero-order chi connectivity index (χ0) is 13.2. The normalized spacial score (nSPS) is 10.8. The Hall–Kier alpha value is -2.13. The molecule has 0 aliphatic heterocycles. The van der Waals surface area contributed by atoms with Crippen LogP contribution in [0.4, 0.5) is 0 Å². The molecule has 2 aromatic heterocycles. The molecule has 0 bridgehead atoms. The van der Waals surface area contributed by atoms with E-state index in [-0.39, 0.29) is 0 Å². The summed E-state index contributed by atoms with van der Waals surface area (Å²) in [5.41, 5.74) is 3.18. The lowest BCUT2D eigenvalue weighted by Crippen LogP contribution is -1.96. The van der Waals surface area contributed by atoms with Gasteiger partial charge in [0.1, 0.15) is 11.3 Å². The number of nitrogens with zero attached hydrogens (tertiary/aromatic N) is 2. The predicted molar refractivity (Wildman–Crippen MR) is 74.8 cm³/mol. The molecule has 0 saturated carbocycles. The smallest absolute Gasteiger partial charge is 0.168 e. The summed E-state index contributed by atoms with van der Waals surface area (Å²) in [5.74, 6) is 0.